The van der Waals surface area contributed by atoms with Gasteiger partial charge in [0, 0.05) is 12.4 Å². The monoisotopic (exact) mass is 456 g/mol. The highest BCUT2D eigenvalue weighted by Gasteiger charge is 2.23. The number of ether oxygens (including phenoxy) is 2. The second-order valence-electron chi connectivity index (χ2n) is 10.8. The van der Waals surface area contributed by atoms with Crippen LogP contribution in [0.3, 0.4) is 0 Å². The normalized spacial score (nSPS) is 12.9. The zero-order valence-electron chi connectivity index (χ0n) is 21.6. The summed E-state index contributed by atoms with van der Waals surface area (Å²) in [5, 5.41) is 0. The molecule has 0 saturated heterocycles. The fraction of sp³-hybridized carbons (Fsp3) is 0.586. The van der Waals surface area contributed by atoms with Crippen molar-refractivity contribution in [1.82, 2.24) is 0 Å². The quantitative estimate of drug-likeness (QED) is 0.302. The van der Waals surface area contributed by atoms with Crippen LogP contribution >= 0.6 is 11.8 Å². The molecule has 32 heavy (non-hydrogen) atoms. The second-order valence-corrected chi connectivity index (χ2v) is 12.2. The van der Waals surface area contributed by atoms with Gasteiger partial charge in [-0.1, -0.05) is 76.2 Å². The summed E-state index contributed by atoms with van der Waals surface area (Å²) in [7, 11) is 0. The predicted molar refractivity (Wildman–Crippen MR) is 141 cm³/mol. The molecule has 0 fully saturated rings. The Bertz CT molecular complexity index is 799. The summed E-state index contributed by atoms with van der Waals surface area (Å²) in [5.41, 5.74) is 4.86. The molecule has 2 nitrogen and oxygen atoms in total. The standard InChI is InChI=1S/C29H44O2S/c1-9-32-21-20-31-29(7,8)26-16-12-24(13-17-26)22-23-10-14-25(15-11-23)28(5,6)30-19-18-27(2,3)4/h10-17H,9,18-22H2,1-8H3. The van der Waals surface area contributed by atoms with E-state index in [9.17, 15) is 0 Å². The minimum absolute atomic E-state index is 0.257. The van der Waals surface area contributed by atoms with Gasteiger partial charge in [-0.05, 0) is 74.0 Å². The number of rotatable bonds is 12. The van der Waals surface area contributed by atoms with E-state index in [1.807, 2.05) is 11.8 Å². The molecule has 0 amide bonds. The van der Waals surface area contributed by atoms with Crippen molar-refractivity contribution in [2.24, 2.45) is 5.41 Å². The van der Waals surface area contributed by atoms with E-state index in [0.717, 1.165) is 37.6 Å². The van der Waals surface area contributed by atoms with Gasteiger partial charge >= 0.3 is 0 Å². The zero-order valence-corrected chi connectivity index (χ0v) is 22.4. The van der Waals surface area contributed by atoms with Crippen molar-refractivity contribution >= 4 is 11.8 Å². The maximum absolute atomic E-state index is 6.22. The maximum Gasteiger partial charge on any atom is 0.0875 e. The van der Waals surface area contributed by atoms with Crippen LogP contribution in [0.25, 0.3) is 0 Å². The number of hydrogen-bond acceptors (Lipinski definition) is 3. The molecule has 2 rings (SSSR count). The molecule has 0 N–H and O–H groups in total. The first-order valence-electron chi connectivity index (χ1n) is 12.0. The van der Waals surface area contributed by atoms with E-state index in [0.29, 0.717) is 5.41 Å². The van der Waals surface area contributed by atoms with Gasteiger partial charge in [0.1, 0.15) is 0 Å². The summed E-state index contributed by atoms with van der Waals surface area (Å²) in [6.45, 7) is 19.2. The Morgan fingerprint density at radius 3 is 1.50 bits per heavy atom. The summed E-state index contributed by atoms with van der Waals surface area (Å²) < 4.78 is 12.4. The molecule has 0 heterocycles. The first kappa shape index (κ1) is 27.0. The van der Waals surface area contributed by atoms with Crippen LogP contribution in [-0.2, 0) is 27.1 Å². The number of benzene rings is 2. The Morgan fingerprint density at radius 2 is 1.09 bits per heavy atom. The van der Waals surface area contributed by atoms with Gasteiger partial charge in [-0.3, -0.25) is 0 Å². The molecule has 0 atom stereocenters. The van der Waals surface area contributed by atoms with Crippen molar-refractivity contribution in [3.8, 4) is 0 Å². The van der Waals surface area contributed by atoms with Crippen molar-refractivity contribution in [1.29, 1.82) is 0 Å². The van der Waals surface area contributed by atoms with Crippen LogP contribution < -0.4 is 0 Å². The molecular formula is C29H44O2S. The van der Waals surface area contributed by atoms with Crippen LogP contribution in [0.4, 0.5) is 0 Å². The summed E-state index contributed by atoms with van der Waals surface area (Å²) in [5.74, 6) is 2.19. The third-order valence-corrected chi connectivity index (χ3v) is 6.78. The lowest BCUT2D eigenvalue weighted by molar-refractivity contribution is -0.0317. The lowest BCUT2D eigenvalue weighted by Crippen LogP contribution is -2.24. The van der Waals surface area contributed by atoms with Crippen LogP contribution in [-0.4, -0.2) is 24.7 Å². The van der Waals surface area contributed by atoms with Gasteiger partial charge in [0.2, 0.25) is 0 Å². The molecule has 178 valence electrons. The van der Waals surface area contributed by atoms with Crippen LogP contribution in [0, 0.1) is 5.41 Å². The van der Waals surface area contributed by atoms with E-state index in [2.05, 4.69) is 104 Å². The number of hydrogen-bond donors (Lipinski definition) is 0. The predicted octanol–water partition coefficient (Wildman–Crippen LogP) is 7.97. The SMILES string of the molecule is CCSCCOC(C)(C)c1ccc(Cc2ccc(C(C)(C)OCCC(C)(C)C)cc2)cc1. The van der Waals surface area contributed by atoms with Crippen molar-refractivity contribution in [2.45, 2.75) is 79.4 Å². The van der Waals surface area contributed by atoms with E-state index in [1.165, 1.54) is 22.3 Å². The van der Waals surface area contributed by atoms with Crippen LogP contribution in [0.2, 0.25) is 0 Å². The fourth-order valence-corrected chi connectivity index (χ4v) is 4.05. The smallest absolute Gasteiger partial charge is 0.0875 e. The molecule has 2 aromatic carbocycles. The van der Waals surface area contributed by atoms with Crippen LogP contribution in [0.1, 0.15) is 84.1 Å². The molecule has 0 aliphatic rings. The third kappa shape index (κ3) is 8.92. The third-order valence-electron chi connectivity index (χ3n) is 5.92. The van der Waals surface area contributed by atoms with Crippen molar-refractivity contribution in [3.63, 3.8) is 0 Å². The largest absolute Gasteiger partial charge is 0.371 e. The van der Waals surface area contributed by atoms with Gasteiger partial charge in [-0.15, -0.1) is 0 Å². The molecular weight excluding hydrogens is 412 g/mol. The maximum atomic E-state index is 6.22. The van der Waals surface area contributed by atoms with E-state index in [1.54, 1.807) is 0 Å². The van der Waals surface area contributed by atoms with E-state index >= 15 is 0 Å². The highest BCUT2D eigenvalue weighted by Crippen LogP contribution is 2.29. The van der Waals surface area contributed by atoms with Crippen molar-refractivity contribution in [2.75, 3.05) is 24.7 Å². The molecule has 0 aliphatic heterocycles. The Kier molecular flexibility index (Phi) is 9.87. The molecule has 0 bridgehead atoms. The molecule has 3 heteroatoms. The first-order valence-corrected chi connectivity index (χ1v) is 13.1. The Morgan fingerprint density at radius 1 is 0.656 bits per heavy atom. The van der Waals surface area contributed by atoms with Gasteiger partial charge in [0.15, 0.2) is 0 Å². The molecule has 2 aromatic rings. The summed E-state index contributed by atoms with van der Waals surface area (Å²) in [6.07, 6.45) is 1.99. The average molecular weight is 457 g/mol. The minimum atomic E-state index is -0.271. The molecule has 0 aliphatic carbocycles. The Hall–Kier alpha value is -1.29. The zero-order chi connectivity index (χ0) is 23.8. The summed E-state index contributed by atoms with van der Waals surface area (Å²) in [4.78, 5) is 0. The highest BCUT2D eigenvalue weighted by molar-refractivity contribution is 7.99. The van der Waals surface area contributed by atoms with Gasteiger partial charge in [0.25, 0.3) is 0 Å². The van der Waals surface area contributed by atoms with Crippen LogP contribution in [0.5, 0.6) is 0 Å². The lowest BCUT2D eigenvalue weighted by Gasteiger charge is -2.28. The summed E-state index contributed by atoms with van der Waals surface area (Å²) >= 11 is 1.92. The number of thioether (sulfide) groups is 1. The van der Waals surface area contributed by atoms with Gasteiger partial charge < -0.3 is 9.47 Å². The van der Waals surface area contributed by atoms with Gasteiger partial charge in [0.05, 0.1) is 17.8 Å². The minimum Gasteiger partial charge on any atom is -0.371 e. The topological polar surface area (TPSA) is 18.5 Å². The van der Waals surface area contributed by atoms with Crippen molar-refractivity contribution in [3.05, 3.63) is 70.8 Å². The Balaban J connectivity index is 1.94. The Labute approximate surface area is 201 Å². The van der Waals surface area contributed by atoms with Crippen molar-refractivity contribution < 1.29 is 9.47 Å². The molecule has 0 aromatic heterocycles. The fourth-order valence-electron chi connectivity index (χ4n) is 3.56. The second kappa shape index (κ2) is 11.7. The van der Waals surface area contributed by atoms with Crippen LogP contribution in [0.15, 0.2) is 48.5 Å². The van der Waals surface area contributed by atoms with E-state index in [-0.39, 0.29) is 11.2 Å². The summed E-state index contributed by atoms with van der Waals surface area (Å²) in [6, 6.07) is 17.8. The first-order chi connectivity index (χ1) is 14.9. The van der Waals surface area contributed by atoms with E-state index in [4.69, 9.17) is 9.47 Å². The molecule has 0 radical (unpaired) electrons. The molecule has 0 saturated carbocycles. The van der Waals surface area contributed by atoms with Gasteiger partial charge in [-0.25, -0.2) is 0 Å². The molecule has 0 spiro atoms. The van der Waals surface area contributed by atoms with E-state index < -0.39 is 0 Å². The van der Waals surface area contributed by atoms with Gasteiger partial charge in [-0.2, -0.15) is 11.8 Å². The highest BCUT2D eigenvalue weighted by atomic mass is 32.2. The molecule has 0 unspecified atom stereocenters. The lowest BCUT2D eigenvalue weighted by atomic mass is 9.92. The average Bonchev–Trinajstić information content (AvgIpc) is 2.71.